The van der Waals surface area contributed by atoms with Gasteiger partial charge < -0.3 is 14.9 Å². The zero-order valence-corrected chi connectivity index (χ0v) is 14.0. The van der Waals surface area contributed by atoms with Gasteiger partial charge in [-0.15, -0.1) is 0 Å². The lowest BCUT2D eigenvalue weighted by molar-refractivity contribution is -0.131. The molecular weight excluding hydrogens is 296 g/mol. The number of nitrogens with zero attached hydrogens (tertiary/aromatic N) is 4. The minimum Gasteiger partial charge on any atom is -0.390 e. The van der Waals surface area contributed by atoms with Crippen molar-refractivity contribution in [3.63, 3.8) is 0 Å². The lowest BCUT2D eigenvalue weighted by Gasteiger charge is -2.38. The van der Waals surface area contributed by atoms with Gasteiger partial charge in [0.25, 0.3) is 0 Å². The molecule has 3 heterocycles. The van der Waals surface area contributed by atoms with E-state index in [0.29, 0.717) is 32.7 Å². The average Bonchev–Trinajstić information content (AvgIpc) is 3.17. The number of β-amino-alcohol motifs (C(OH)–C–C–N with tert-alkyl or cyclic N) is 1. The summed E-state index contributed by atoms with van der Waals surface area (Å²) in [5.74, 6) is 0.245. The summed E-state index contributed by atoms with van der Waals surface area (Å²) in [6, 6.07) is 0.00614. The molecule has 0 unspecified atom stereocenters. The fourth-order valence-electron chi connectivity index (χ4n) is 3.93. The molecule has 23 heavy (non-hydrogen) atoms. The summed E-state index contributed by atoms with van der Waals surface area (Å²) in [7, 11) is 0. The first-order chi connectivity index (χ1) is 11.0. The first kappa shape index (κ1) is 16.7. The van der Waals surface area contributed by atoms with Crippen molar-refractivity contribution in [3.8, 4) is 0 Å². The van der Waals surface area contributed by atoms with Crippen LogP contribution in [0, 0.1) is 0 Å². The zero-order valence-electron chi connectivity index (χ0n) is 14.0. The third-order valence-electron chi connectivity index (χ3n) is 5.40. The smallest absolute Gasteiger partial charge is 0.236 e. The minimum absolute atomic E-state index is 0.00614. The number of carbonyl (C=O) groups excluding carboxylic acids is 2. The number of carbonyl (C=O) groups is 2. The molecule has 0 spiro atoms. The molecule has 0 aromatic carbocycles. The van der Waals surface area contributed by atoms with E-state index in [1.54, 1.807) is 6.92 Å². The highest BCUT2D eigenvalue weighted by Gasteiger charge is 2.39. The Bertz CT molecular complexity index is 445. The van der Waals surface area contributed by atoms with Crippen LogP contribution in [0.3, 0.4) is 0 Å². The third-order valence-corrected chi connectivity index (χ3v) is 5.40. The van der Waals surface area contributed by atoms with Gasteiger partial charge >= 0.3 is 0 Å². The highest BCUT2D eigenvalue weighted by Crippen LogP contribution is 2.19. The summed E-state index contributed by atoms with van der Waals surface area (Å²) in [5.41, 5.74) is 0. The number of piperazine rings is 1. The number of likely N-dealkylation sites (tertiary alicyclic amines) is 2. The molecule has 3 saturated heterocycles. The topological polar surface area (TPSA) is 67.3 Å². The Morgan fingerprint density at radius 2 is 1.61 bits per heavy atom. The van der Waals surface area contributed by atoms with Crippen LogP contribution in [0.4, 0.5) is 0 Å². The van der Waals surface area contributed by atoms with E-state index in [1.165, 1.54) is 12.8 Å². The van der Waals surface area contributed by atoms with Gasteiger partial charge in [0.15, 0.2) is 0 Å². The van der Waals surface area contributed by atoms with E-state index < -0.39 is 6.10 Å². The van der Waals surface area contributed by atoms with Gasteiger partial charge in [-0.2, -0.15) is 0 Å². The van der Waals surface area contributed by atoms with Crippen LogP contribution in [-0.2, 0) is 9.59 Å². The standard InChI is InChI=1S/C16H28N4O3/c1-13(21)18-6-8-19(9-7-18)14-10-20(11-15(14)22)16(23)12-17-4-2-3-5-17/h14-15,22H,2-12H2,1H3/t14-,15-/m1/s1. The molecule has 0 aliphatic carbocycles. The predicted octanol–water partition coefficient (Wildman–Crippen LogP) is -1.18. The van der Waals surface area contributed by atoms with Gasteiger partial charge in [0, 0.05) is 46.2 Å². The fourth-order valence-corrected chi connectivity index (χ4v) is 3.93. The third kappa shape index (κ3) is 3.84. The number of amides is 2. The van der Waals surface area contributed by atoms with Crippen LogP contribution in [0.25, 0.3) is 0 Å². The van der Waals surface area contributed by atoms with Crippen molar-refractivity contribution in [1.29, 1.82) is 0 Å². The van der Waals surface area contributed by atoms with Crippen LogP contribution < -0.4 is 0 Å². The lowest BCUT2D eigenvalue weighted by atomic mass is 10.1. The molecule has 0 aromatic heterocycles. The molecule has 7 nitrogen and oxygen atoms in total. The Morgan fingerprint density at radius 1 is 0.957 bits per heavy atom. The molecule has 0 radical (unpaired) electrons. The molecule has 7 heteroatoms. The van der Waals surface area contributed by atoms with Crippen molar-refractivity contribution in [1.82, 2.24) is 19.6 Å². The maximum atomic E-state index is 12.4. The summed E-state index contributed by atoms with van der Waals surface area (Å²) < 4.78 is 0. The number of aliphatic hydroxyl groups excluding tert-OH is 1. The Kier molecular flexibility index (Phi) is 5.18. The maximum absolute atomic E-state index is 12.4. The van der Waals surface area contributed by atoms with Gasteiger partial charge in [-0.25, -0.2) is 0 Å². The Morgan fingerprint density at radius 3 is 2.22 bits per heavy atom. The molecule has 0 aromatic rings. The molecule has 3 rings (SSSR count). The first-order valence-electron chi connectivity index (χ1n) is 8.72. The molecule has 3 aliphatic heterocycles. The van der Waals surface area contributed by atoms with Gasteiger partial charge in [-0.3, -0.25) is 19.4 Å². The van der Waals surface area contributed by atoms with E-state index in [1.807, 2.05) is 9.80 Å². The van der Waals surface area contributed by atoms with Crippen molar-refractivity contribution < 1.29 is 14.7 Å². The summed E-state index contributed by atoms with van der Waals surface area (Å²) in [6.45, 7) is 8.11. The minimum atomic E-state index is -0.485. The molecule has 3 fully saturated rings. The highest BCUT2D eigenvalue weighted by molar-refractivity contribution is 5.78. The van der Waals surface area contributed by atoms with Crippen LogP contribution >= 0.6 is 0 Å². The van der Waals surface area contributed by atoms with Gasteiger partial charge in [-0.1, -0.05) is 0 Å². The van der Waals surface area contributed by atoms with Gasteiger partial charge in [0.1, 0.15) is 0 Å². The molecule has 0 bridgehead atoms. The monoisotopic (exact) mass is 324 g/mol. The molecule has 1 N–H and O–H groups in total. The second-order valence-electron chi connectivity index (χ2n) is 6.96. The second kappa shape index (κ2) is 7.15. The van der Waals surface area contributed by atoms with Crippen molar-refractivity contribution in [2.24, 2.45) is 0 Å². The van der Waals surface area contributed by atoms with E-state index in [2.05, 4.69) is 9.80 Å². The quantitative estimate of drug-likeness (QED) is 0.708. The molecule has 2 atom stereocenters. The van der Waals surface area contributed by atoms with E-state index in [0.717, 1.165) is 26.2 Å². The van der Waals surface area contributed by atoms with E-state index in [4.69, 9.17) is 0 Å². The summed E-state index contributed by atoms with van der Waals surface area (Å²) in [6.07, 6.45) is 1.87. The lowest BCUT2D eigenvalue weighted by Crippen LogP contribution is -2.54. The second-order valence-corrected chi connectivity index (χ2v) is 6.96. The van der Waals surface area contributed by atoms with Gasteiger partial charge in [0.05, 0.1) is 18.7 Å². The summed E-state index contributed by atoms with van der Waals surface area (Å²) >= 11 is 0. The highest BCUT2D eigenvalue weighted by atomic mass is 16.3. The van der Waals surface area contributed by atoms with Crippen molar-refractivity contribution in [2.45, 2.75) is 31.9 Å². The van der Waals surface area contributed by atoms with Crippen LogP contribution in [0.5, 0.6) is 0 Å². The predicted molar refractivity (Wildman–Crippen MR) is 85.9 cm³/mol. The Labute approximate surface area is 137 Å². The van der Waals surface area contributed by atoms with Crippen LogP contribution in [0.2, 0.25) is 0 Å². The number of hydrogen-bond donors (Lipinski definition) is 1. The van der Waals surface area contributed by atoms with E-state index >= 15 is 0 Å². The molecule has 3 aliphatic rings. The van der Waals surface area contributed by atoms with Gasteiger partial charge in [0.2, 0.25) is 11.8 Å². The molecule has 2 amide bonds. The Hall–Kier alpha value is -1.18. The first-order valence-corrected chi connectivity index (χ1v) is 8.72. The number of rotatable bonds is 3. The number of aliphatic hydroxyl groups is 1. The van der Waals surface area contributed by atoms with Crippen LogP contribution in [0.1, 0.15) is 19.8 Å². The van der Waals surface area contributed by atoms with E-state index in [9.17, 15) is 14.7 Å². The van der Waals surface area contributed by atoms with Crippen molar-refractivity contribution in [2.75, 3.05) is 58.9 Å². The van der Waals surface area contributed by atoms with Crippen molar-refractivity contribution in [3.05, 3.63) is 0 Å². The maximum Gasteiger partial charge on any atom is 0.236 e. The van der Waals surface area contributed by atoms with Crippen molar-refractivity contribution >= 4 is 11.8 Å². The molecule has 0 saturated carbocycles. The summed E-state index contributed by atoms with van der Waals surface area (Å²) in [4.78, 5) is 31.9. The largest absolute Gasteiger partial charge is 0.390 e. The fraction of sp³-hybridized carbons (Fsp3) is 0.875. The Balaban J connectivity index is 1.50. The average molecular weight is 324 g/mol. The van der Waals surface area contributed by atoms with E-state index in [-0.39, 0.29) is 17.9 Å². The molecular formula is C16H28N4O3. The SMILES string of the molecule is CC(=O)N1CCN([C@@H]2CN(C(=O)CN3CCCC3)C[C@H]2O)CC1. The van der Waals surface area contributed by atoms with Gasteiger partial charge in [-0.05, 0) is 25.9 Å². The summed E-state index contributed by atoms with van der Waals surface area (Å²) in [5, 5.41) is 10.4. The molecule has 130 valence electrons. The number of hydrogen-bond acceptors (Lipinski definition) is 5. The normalized spacial score (nSPS) is 30.2. The van der Waals surface area contributed by atoms with Crippen LogP contribution in [0.15, 0.2) is 0 Å². The van der Waals surface area contributed by atoms with Crippen LogP contribution in [-0.4, -0.2) is 108 Å². The zero-order chi connectivity index (χ0) is 16.4.